The van der Waals surface area contributed by atoms with E-state index in [1.165, 1.54) is 23.3 Å². The number of nitrogens with zero attached hydrogens (tertiary/aromatic N) is 3. The lowest BCUT2D eigenvalue weighted by Crippen LogP contribution is -2.71. The number of fused-ring (bicyclic) bond motifs is 1. The fourth-order valence-corrected chi connectivity index (χ4v) is 6.74. The van der Waals surface area contributed by atoms with Crippen LogP contribution in [0.3, 0.4) is 0 Å². The van der Waals surface area contributed by atoms with E-state index < -0.39 is 52.4 Å². The summed E-state index contributed by atoms with van der Waals surface area (Å²) < 4.78 is 6.45. The summed E-state index contributed by atoms with van der Waals surface area (Å²) in [5, 5.41) is 18.3. The van der Waals surface area contributed by atoms with Crippen molar-refractivity contribution in [2.24, 2.45) is 5.92 Å². The van der Waals surface area contributed by atoms with Crippen LogP contribution in [-0.4, -0.2) is 71.4 Å². The number of aromatic nitrogens is 3. The summed E-state index contributed by atoms with van der Waals surface area (Å²) in [5.74, 6) is -2.91. The Bertz CT molecular complexity index is 1490. The van der Waals surface area contributed by atoms with Gasteiger partial charge in [-0.1, -0.05) is 55.9 Å². The van der Waals surface area contributed by atoms with Crippen LogP contribution in [0.1, 0.15) is 32.4 Å². The van der Waals surface area contributed by atoms with E-state index in [0.29, 0.717) is 11.1 Å². The predicted molar refractivity (Wildman–Crippen MR) is 145 cm³/mol. The Balaban J connectivity index is 1.52. The molecule has 15 heteroatoms. The first kappa shape index (κ1) is 29.1. The van der Waals surface area contributed by atoms with Crippen molar-refractivity contribution < 1.29 is 29.0 Å². The predicted octanol–water partition coefficient (Wildman–Crippen LogP) is 0.723. The first-order chi connectivity index (χ1) is 19.0. The zero-order valence-electron chi connectivity index (χ0n) is 21.8. The number of benzene rings is 1. The third kappa shape index (κ3) is 5.99. The van der Waals surface area contributed by atoms with Gasteiger partial charge in [0.1, 0.15) is 17.1 Å². The number of rotatable bonds is 10. The number of amides is 2. The summed E-state index contributed by atoms with van der Waals surface area (Å²) in [4.78, 5) is 75.3. The second-order valence-electron chi connectivity index (χ2n) is 9.49. The van der Waals surface area contributed by atoms with E-state index in [1.807, 2.05) is 13.8 Å². The van der Waals surface area contributed by atoms with Crippen LogP contribution in [0.25, 0.3) is 0 Å². The lowest BCUT2D eigenvalue weighted by molar-refractivity contribution is -0.157. The van der Waals surface area contributed by atoms with Crippen molar-refractivity contribution in [1.82, 2.24) is 25.0 Å². The van der Waals surface area contributed by atoms with Gasteiger partial charge in [0.25, 0.3) is 11.8 Å². The number of H-pyrrole nitrogens is 1. The molecule has 0 radical (unpaired) electrons. The summed E-state index contributed by atoms with van der Waals surface area (Å²) in [7, 11) is 0. The molecular formula is C25H27N5O8S2. The number of β-lactam (4-membered cyclic amide) rings is 1. The molecule has 3 heterocycles. The van der Waals surface area contributed by atoms with Crippen molar-refractivity contribution in [3.63, 3.8) is 0 Å². The molecule has 1 fully saturated rings. The van der Waals surface area contributed by atoms with Crippen molar-refractivity contribution in [3.05, 3.63) is 67.9 Å². The minimum atomic E-state index is -1.31. The number of ether oxygens (including phenoxy) is 1. The molecule has 0 saturated carbocycles. The SMILES string of the molecule is CC(=O)OC(C(=O)NC1C(=O)N2C(C(=O)O)=C(CSc3n[nH]c(=O)c(=O)n3CC(C)C)CS[C@H]12)c1ccccc1. The number of nitrogens with one attached hydrogen (secondary N) is 2. The van der Waals surface area contributed by atoms with Crippen LogP contribution >= 0.6 is 23.5 Å². The van der Waals surface area contributed by atoms with E-state index in [1.54, 1.807) is 30.3 Å². The monoisotopic (exact) mass is 589 g/mol. The largest absolute Gasteiger partial charge is 0.477 e. The molecule has 0 spiro atoms. The van der Waals surface area contributed by atoms with E-state index in [2.05, 4.69) is 15.5 Å². The molecule has 212 valence electrons. The normalized spacial score (nSPS) is 19.1. The molecule has 0 bridgehead atoms. The standard InChI is InChI=1S/C25H27N5O8S2/c1-12(2)9-29-22(35)20(33)27-28-25(29)40-11-15-10-39-23-16(21(34)30(23)17(15)24(36)37)26-19(32)18(38-13(3)31)14-7-5-4-6-8-14/h4-8,12,16,18,23H,9-11H2,1-3H3,(H,26,32)(H,27,33)(H,36,37)/t16?,18?,23-/m1/s1. The lowest BCUT2D eigenvalue weighted by Gasteiger charge is -2.49. The number of hydrogen-bond acceptors (Lipinski definition) is 10. The number of thioether (sulfide) groups is 2. The topological polar surface area (TPSA) is 181 Å². The quantitative estimate of drug-likeness (QED) is 0.154. The number of aliphatic carboxylic acids is 1. The molecule has 2 aromatic rings. The average Bonchev–Trinajstić information content (AvgIpc) is 2.91. The van der Waals surface area contributed by atoms with Crippen molar-refractivity contribution in [1.29, 1.82) is 0 Å². The fourth-order valence-electron chi connectivity index (χ4n) is 4.29. The summed E-state index contributed by atoms with van der Waals surface area (Å²) in [6, 6.07) is 7.32. The fraction of sp³-hybridized carbons (Fsp3) is 0.400. The van der Waals surface area contributed by atoms with Gasteiger partial charge in [0, 0.05) is 30.5 Å². The van der Waals surface area contributed by atoms with Crippen LogP contribution in [0.15, 0.2) is 56.3 Å². The Kier molecular flexibility index (Phi) is 8.83. The van der Waals surface area contributed by atoms with Gasteiger partial charge in [-0.15, -0.1) is 16.9 Å². The molecular weight excluding hydrogens is 562 g/mol. The van der Waals surface area contributed by atoms with Gasteiger partial charge < -0.3 is 15.2 Å². The highest BCUT2D eigenvalue weighted by Gasteiger charge is 2.54. The van der Waals surface area contributed by atoms with E-state index in [-0.39, 0.29) is 34.8 Å². The van der Waals surface area contributed by atoms with Crippen molar-refractivity contribution in [2.75, 3.05) is 11.5 Å². The molecule has 3 atom stereocenters. The Morgan fingerprint density at radius 3 is 2.55 bits per heavy atom. The number of esters is 1. The van der Waals surface area contributed by atoms with Crippen LogP contribution in [0.4, 0.5) is 0 Å². The molecule has 1 aromatic heterocycles. The number of carbonyl (C=O) groups excluding carboxylic acids is 3. The molecule has 2 unspecified atom stereocenters. The minimum Gasteiger partial charge on any atom is -0.477 e. The van der Waals surface area contributed by atoms with E-state index in [4.69, 9.17) is 4.74 Å². The highest BCUT2D eigenvalue weighted by Crippen LogP contribution is 2.41. The molecule has 3 N–H and O–H groups in total. The second kappa shape index (κ2) is 12.1. The molecule has 13 nitrogen and oxygen atoms in total. The van der Waals surface area contributed by atoms with E-state index in [0.717, 1.165) is 16.7 Å². The van der Waals surface area contributed by atoms with Gasteiger partial charge >= 0.3 is 23.1 Å². The molecule has 2 aliphatic heterocycles. The molecule has 1 aromatic carbocycles. The van der Waals surface area contributed by atoms with Crippen molar-refractivity contribution >= 4 is 47.3 Å². The molecule has 0 aliphatic carbocycles. The number of carbonyl (C=O) groups is 4. The summed E-state index contributed by atoms with van der Waals surface area (Å²) in [6.07, 6.45) is -1.27. The van der Waals surface area contributed by atoms with Crippen LogP contribution in [0.2, 0.25) is 0 Å². The number of hydrogen-bond donors (Lipinski definition) is 3. The number of carboxylic acids is 1. The van der Waals surface area contributed by atoms with Crippen LogP contribution < -0.4 is 16.4 Å². The molecule has 40 heavy (non-hydrogen) atoms. The minimum absolute atomic E-state index is 0.0497. The molecule has 4 rings (SSSR count). The van der Waals surface area contributed by atoms with Crippen molar-refractivity contribution in [3.8, 4) is 0 Å². The summed E-state index contributed by atoms with van der Waals surface area (Å²) >= 11 is 2.35. The first-order valence-electron chi connectivity index (χ1n) is 12.2. The zero-order valence-corrected chi connectivity index (χ0v) is 23.4. The van der Waals surface area contributed by atoms with Crippen LogP contribution in [0, 0.1) is 5.92 Å². The summed E-state index contributed by atoms with van der Waals surface area (Å²) in [5.41, 5.74) is -0.957. The van der Waals surface area contributed by atoms with Crippen LogP contribution in [-0.2, 0) is 30.5 Å². The maximum Gasteiger partial charge on any atom is 0.352 e. The molecule has 2 aliphatic rings. The highest BCUT2D eigenvalue weighted by molar-refractivity contribution is 8.01. The smallest absolute Gasteiger partial charge is 0.352 e. The van der Waals surface area contributed by atoms with Gasteiger partial charge in [0.05, 0.1) is 0 Å². The van der Waals surface area contributed by atoms with Gasteiger partial charge in [0.2, 0.25) is 6.10 Å². The maximum atomic E-state index is 13.1. The molecule has 1 saturated heterocycles. The summed E-state index contributed by atoms with van der Waals surface area (Å²) in [6.45, 7) is 5.18. The Morgan fingerprint density at radius 2 is 1.93 bits per heavy atom. The Labute approximate surface area is 236 Å². The number of carboxylic acid groups (broad SMARTS) is 1. The number of aromatic amines is 1. The van der Waals surface area contributed by atoms with Gasteiger partial charge in [-0.25, -0.2) is 9.89 Å². The highest BCUT2D eigenvalue weighted by atomic mass is 32.2. The Hall–Kier alpha value is -3.85. The third-order valence-corrected chi connectivity index (χ3v) is 8.42. The van der Waals surface area contributed by atoms with Gasteiger partial charge in [-0.05, 0) is 11.5 Å². The Morgan fingerprint density at radius 1 is 1.23 bits per heavy atom. The second-order valence-corrected chi connectivity index (χ2v) is 11.5. The van der Waals surface area contributed by atoms with E-state index >= 15 is 0 Å². The van der Waals surface area contributed by atoms with Gasteiger partial charge in [0.15, 0.2) is 5.16 Å². The molecule has 2 amide bonds. The average molecular weight is 590 g/mol. The zero-order chi connectivity index (χ0) is 29.1. The lowest BCUT2D eigenvalue weighted by atomic mass is 10.0. The van der Waals surface area contributed by atoms with Crippen LogP contribution in [0.5, 0.6) is 0 Å². The maximum absolute atomic E-state index is 13.1. The van der Waals surface area contributed by atoms with E-state index in [9.17, 15) is 33.9 Å². The first-order valence-corrected chi connectivity index (χ1v) is 14.3. The van der Waals surface area contributed by atoms with Crippen molar-refractivity contribution in [2.45, 2.75) is 50.0 Å². The van der Waals surface area contributed by atoms with Gasteiger partial charge in [-0.3, -0.25) is 33.4 Å². The van der Waals surface area contributed by atoms with Gasteiger partial charge in [-0.2, -0.15) is 0 Å². The third-order valence-electron chi connectivity index (χ3n) is 6.02.